The predicted molar refractivity (Wildman–Crippen MR) is 155 cm³/mol. The highest BCUT2D eigenvalue weighted by molar-refractivity contribution is 6.17. The van der Waals surface area contributed by atoms with Gasteiger partial charge in [0.05, 0.1) is 11.5 Å². The summed E-state index contributed by atoms with van der Waals surface area (Å²) in [5, 5.41) is 17.4. The number of imidazole rings is 1. The molecular weight excluding hydrogens is 526 g/mol. The number of methoxy groups -OCH3 is 1. The maximum atomic E-state index is 12.6. The number of carbonyl (C=O) groups excluding carboxylic acids is 1. The highest BCUT2D eigenvalue weighted by Gasteiger charge is 2.19. The van der Waals surface area contributed by atoms with Gasteiger partial charge in [0, 0.05) is 71.1 Å². The van der Waals surface area contributed by atoms with Gasteiger partial charge in [-0.15, -0.1) is 0 Å². The summed E-state index contributed by atoms with van der Waals surface area (Å²) in [5.41, 5.74) is 4.47. The van der Waals surface area contributed by atoms with Crippen molar-refractivity contribution in [2.75, 3.05) is 13.7 Å². The molecule has 0 aliphatic carbocycles. The number of aromatic nitrogens is 3. The van der Waals surface area contributed by atoms with E-state index in [0.717, 1.165) is 32.9 Å². The second kappa shape index (κ2) is 11.6. The van der Waals surface area contributed by atoms with Crippen molar-refractivity contribution in [2.45, 2.75) is 33.4 Å². The summed E-state index contributed by atoms with van der Waals surface area (Å²) in [6.07, 6.45) is 3.40. The molecule has 0 aliphatic rings. The van der Waals surface area contributed by atoms with E-state index in [1.54, 1.807) is 19.2 Å². The van der Waals surface area contributed by atoms with Gasteiger partial charge in [-0.25, -0.2) is 14.3 Å². The normalized spacial score (nSPS) is 12.5. The minimum atomic E-state index is -0.717. The molecule has 5 rings (SSSR count). The number of nitrogens with zero attached hydrogens (tertiary/aromatic N) is 5. The van der Waals surface area contributed by atoms with Gasteiger partial charge in [-0.3, -0.25) is 15.0 Å². The van der Waals surface area contributed by atoms with Crippen LogP contribution in [0.3, 0.4) is 0 Å². The van der Waals surface area contributed by atoms with Gasteiger partial charge in [0.1, 0.15) is 23.9 Å². The number of aryl methyl sites for hydroxylation is 2. The third kappa shape index (κ3) is 5.52. The molecular formula is C30H29N5O6. The van der Waals surface area contributed by atoms with E-state index in [1.807, 2.05) is 57.2 Å². The Kier molecular flexibility index (Phi) is 7.79. The molecule has 0 spiro atoms. The first kappa shape index (κ1) is 27.5. The Bertz CT molecular complexity index is 1770. The van der Waals surface area contributed by atoms with E-state index in [-0.39, 0.29) is 11.8 Å². The number of ether oxygens (including phenoxy) is 2. The van der Waals surface area contributed by atoms with Crippen molar-refractivity contribution in [3.05, 3.63) is 100 Å². The van der Waals surface area contributed by atoms with Gasteiger partial charge in [-0.2, -0.15) is 0 Å². The third-order valence-corrected chi connectivity index (χ3v) is 6.77. The number of benzene rings is 3. The molecule has 0 saturated carbocycles. The number of hydrogen-bond donors (Lipinski definition) is 0. The average molecular weight is 556 g/mol. The SMILES string of the molecule is CCn1c2ccc(C(=NOC(=O)n3ccnc3)c3ccc(OC(C)COC)cc3C)cc2c2cc([N+](=O)[O-])ccc21. The number of nitro benzene ring substituents is 1. The van der Waals surface area contributed by atoms with Crippen molar-refractivity contribution in [3.63, 3.8) is 0 Å². The Labute approximate surface area is 235 Å². The van der Waals surface area contributed by atoms with Crippen LogP contribution in [0.4, 0.5) is 10.5 Å². The number of rotatable bonds is 9. The Morgan fingerprint density at radius 3 is 2.51 bits per heavy atom. The molecule has 0 fully saturated rings. The largest absolute Gasteiger partial charge is 0.488 e. The van der Waals surface area contributed by atoms with E-state index in [2.05, 4.69) is 14.7 Å². The van der Waals surface area contributed by atoms with E-state index in [1.165, 1.54) is 29.4 Å². The van der Waals surface area contributed by atoms with Gasteiger partial charge < -0.3 is 14.0 Å². The fraction of sp³-hybridized carbons (Fsp3) is 0.233. The fourth-order valence-corrected chi connectivity index (χ4v) is 4.93. The number of fused-ring (bicyclic) bond motifs is 3. The van der Waals surface area contributed by atoms with E-state index in [0.29, 0.717) is 30.2 Å². The molecule has 0 N–H and O–H groups in total. The number of non-ortho nitro benzene ring substituents is 1. The lowest BCUT2D eigenvalue weighted by Gasteiger charge is -2.16. The van der Waals surface area contributed by atoms with E-state index in [4.69, 9.17) is 14.3 Å². The van der Waals surface area contributed by atoms with Crippen LogP contribution >= 0.6 is 0 Å². The van der Waals surface area contributed by atoms with Crippen LogP contribution in [-0.2, 0) is 16.1 Å². The lowest BCUT2D eigenvalue weighted by Crippen LogP contribution is -2.18. The summed E-state index contributed by atoms with van der Waals surface area (Å²) in [6, 6.07) is 16.2. The second-order valence-electron chi connectivity index (χ2n) is 9.56. The van der Waals surface area contributed by atoms with Gasteiger partial charge in [0.25, 0.3) is 5.69 Å². The van der Waals surface area contributed by atoms with E-state index >= 15 is 0 Å². The molecule has 0 amide bonds. The molecule has 2 aromatic heterocycles. The molecule has 0 saturated heterocycles. The maximum absolute atomic E-state index is 12.6. The lowest BCUT2D eigenvalue weighted by atomic mass is 9.96. The Morgan fingerprint density at radius 2 is 1.85 bits per heavy atom. The second-order valence-corrected chi connectivity index (χ2v) is 9.56. The molecule has 11 nitrogen and oxygen atoms in total. The first-order valence-corrected chi connectivity index (χ1v) is 13.0. The molecule has 0 bridgehead atoms. The van der Waals surface area contributed by atoms with Gasteiger partial charge >= 0.3 is 6.09 Å². The smallest absolute Gasteiger partial charge is 0.445 e. The zero-order valence-corrected chi connectivity index (χ0v) is 23.1. The third-order valence-electron chi connectivity index (χ3n) is 6.77. The monoisotopic (exact) mass is 555 g/mol. The average Bonchev–Trinajstić information content (AvgIpc) is 3.60. The van der Waals surface area contributed by atoms with E-state index < -0.39 is 11.0 Å². The van der Waals surface area contributed by atoms with Crippen molar-refractivity contribution < 1.29 is 24.0 Å². The first-order chi connectivity index (χ1) is 19.8. The van der Waals surface area contributed by atoms with Crippen LogP contribution in [0.2, 0.25) is 0 Å². The van der Waals surface area contributed by atoms with Crippen LogP contribution in [-0.4, -0.2) is 50.7 Å². The van der Waals surface area contributed by atoms with Crippen LogP contribution in [0.15, 0.2) is 78.5 Å². The highest BCUT2D eigenvalue weighted by atomic mass is 16.7. The van der Waals surface area contributed by atoms with E-state index in [9.17, 15) is 14.9 Å². The van der Waals surface area contributed by atoms with Crippen LogP contribution in [0.25, 0.3) is 21.8 Å². The zero-order valence-electron chi connectivity index (χ0n) is 23.1. The summed E-state index contributed by atoms with van der Waals surface area (Å²) in [4.78, 5) is 33.0. The van der Waals surface area contributed by atoms with Crippen molar-refractivity contribution in [2.24, 2.45) is 5.16 Å². The van der Waals surface area contributed by atoms with Crippen molar-refractivity contribution in [3.8, 4) is 5.75 Å². The summed E-state index contributed by atoms with van der Waals surface area (Å²) >= 11 is 0. The van der Waals surface area contributed by atoms with Gasteiger partial charge in [0.15, 0.2) is 0 Å². The molecule has 5 aromatic rings. The molecule has 3 aromatic carbocycles. The number of oxime groups is 1. The molecule has 2 heterocycles. The number of hydrogen-bond acceptors (Lipinski definition) is 8. The Morgan fingerprint density at radius 1 is 1.10 bits per heavy atom. The summed E-state index contributed by atoms with van der Waals surface area (Å²) in [5.74, 6) is 0.666. The molecule has 0 aliphatic heterocycles. The van der Waals surface area contributed by atoms with Gasteiger partial charge in [0.2, 0.25) is 0 Å². The minimum absolute atomic E-state index is 0.00958. The molecule has 210 valence electrons. The quantitative estimate of drug-likeness (QED) is 0.0935. The van der Waals surface area contributed by atoms with Crippen LogP contribution in [0.5, 0.6) is 5.75 Å². The summed E-state index contributed by atoms with van der Waals surface area (Å²) < 4.78 is 14.4. The zero-order chi connectivity index (χ0) is 29.1. The van der Waals surface area contributed by atoms with Gasteiger partial charge in [-0.1, -0.05) is 11.2 Å². The highest BCUT2D eigenvalue weighted by Crippen LogP contribution is 2.33. The lowest BCUT2D eigenvalue weighted by molar-refractivity contribution is -0.384. The summed E-state index contributed by atoms with van der Waals surface area (Å²) in [7, 11) is 1.62. The number of nitro groups is 1. The van der Waals surface area contributed by atoms with Crippen molar-refractivity contribution >= 4 is 39.3 Å². The first-order valence-electron chi connectivity index (χ1n) is 13.0. The topological polar surface area (TPSA) is 123 Å². The Hall–Kier alpha value is -5.03. The standard InChI is InChI=1S/C30H29N5O6/c1-5-34-27-10-6-21(15-25(27)26-16-22(35(37)38)7-11-28(26)34)29(32-41-30(36)33-13-12-31-18-33)24-9-8-23(14-19(24)2)40-20(3)17-39-4/h6-16,18,20H,5,17H2,1-4H3. The molecule has 11 heteroatoms. The minimum Gasteiger partial charge on any atom is -0.488 e. The molecule has 1 atom stereocenters. The Balaban J connectivity index is 1.64. The molecule has 0 radical (unpaired) electrons. The van der Waals surface area contributed by atoms with Crippen molar-refractivity contribution in [1.29, 1.82) is 0 Å². The van der Waals surface area contributed by atoms with Crippen LogP contribution in [0.1, 0.15) is 30.5 Å². The predicted octanol–water partition coefficient (Wildman–Crippen LogP) is 6.08. The van der Waals surface area contributed by atoms with Gasteiger partial charge in [-0.05, 0) is 62.7 Å². The fourth-order valence-electron chi connectivity index (χ4n) is 4.93. The number of carbonyl (C=O) groups is 1. The molecule has 41 heavy (non-hydrogen) atoms. The van der Waals surface area contributed by atoms with Crippen LogP contribution in [0, 0.1) is 17.0 Å². The molecule has 1 unspecified atom stereocenters. The summed E-state index contributed by atoms with van der Waals surface area (Å²) in [6.45, 7) is 6.99. The van der Waals surface area contributed by atoms with Crippen LogP contribution < -0.4 is 4.74 Å². The maximum Gasteiger partial charge on any atom is 0.445 e. The van der Waals surface area contributed by atoms with Crippen molar-refractivity contribution in [1.82, 2.24) is 14.1 Å².